The van der Waals surface area contributed by atoms with Crippen LogP contribution in [-0.2, 0) is 6.54 Å². The third kappa shape index (κ3) is 4.64. The zero-order valence-corrected chi connectivity index (χ0v) is 13.8. The Labute approximate surface area is 145 Å². The molecule has 1 amide bonds. The van der Waals surface area contributed by atoms with Crippen molar-refractivity contribution in [2.75, 3.05) is 10.6 Å². The maximum Gasteiger partial charge on any atom is 0.274 e. The molecule has 1 aromatic heterocycles. The Morgan fingerprint density at radius 2 is 1.64 bits per heavy atom. The third-order valence-electron chi connectivity index (χ3n) is 3.72. The molecular weight excluding hydrogens is 317 g/mol. The van der Waals surface area contributed by atoms with Crippen LogP contribution in [0.5, 0.6) is 0 Å². The molecule has 2 aromatic carbocycles. The number of benzene rings is 2. The van der Waals surface area contributed by atoms with Gasteiger partial charge in [-0.05, 0) is 48.9 Å². The molecule has 0 atom stereocenters. The molecule has 3 aromatic rings. The largest absolute Gasteiger partial charge is 0.380 e. The number of pyridine rings is 1. The van der Waals surface area contributed by atoms with Gasteiger partial charge >= 0.3 is 0 Å². The van der Waals surface area contributed by atoms with Gasteiger partial charge in [0.15, 0.2) is 0 Å². The molecule has 1 heterocycles. The van der Waals surface area contributed by atoms with Crippen LogP contribution in [0.15, 0.2) is 66.9 Å². The summed E-state index contributed by atoms with van der Waals surface area (Å²) in [7, 11) is 0. The van der Waals surface area contributed by atoms with E-state index in [2.05, 4.69) is 15.6 Å². The predicted octanol–water partition coefficient (Wildman–Crippen LogP) is 4.39. The number of halogens is 1. The minimum absolute atomic E-state index is 0.255. The number of rotatable bonds is 5. The molecule has 0 unspecified atom stereocenters. The quantitative estimate of drug-likeness (QED) is 0.727. The molecule has 0 fully saturated rings. The molecule has 0 aliphatic rings. The molecule has 0 radical (unpaired) electrons. The molecule has 3 rings (SSSR count). The Hall–Kier alpha value is -3.21. The highest BCUT2D eigenvalue weighted by Gasteiger charge is 2.07. The van der Waals surface area contributed by atoms with Crippen molar-refractivity contribution in [2.24, 2.45) is 0 Å². The molecule has 4 nitrogen and oxygen atoms in total. The average Bonchev–Trinajstić information content (AvgIpc) is 2.63. The van der Waals surface area contributed by atoms with Crippen molar-refractivity contribution in [1.29, 1.82) is 0 Å². The number of carbonyl (C=O) groups is 1. The zero-order valence-electron chi connectivity index (χ0n) is 13.8. The first-order valence-corrected chi connectivity index (χ1v) is 7.92. The normalized spacial score (nSPS) is 10.3. The van der Waals surface area contributed by atoms with E-state index in [4.69, 9.17) is 0 Å². The molecule has 5 heteroatoms. The number of aryl methyl sites for hydroxylation is 1. The SMILES string of the molecule is Cc1ccc(NC(=O)c2ccc(NCc3ccc(F)cc3)cn2)cc1. The number of hydrogen-bond donors (Lipinski definition) is 2. The summed E-state index contributed by atoms with van der Waals surface area (Å²) in [5.74, 6) is -0.511. The van der Waals surface area contributed by atoms with Crippen molar-refractivity contribution in [2.45, 2.75) is 13.5 Å². The Kier molecular flexibility index (Phi) is 5.04. The fraction of sp³-hybridized carbons (Fsp3) is 0.100. The van der Waals surface area contributed by atoms with Gasteiger partial charge in [-0.1, -0.05) is 29.8 Å². The van der Waals surface area contributed by atoms with Crippen molar-refractivity contribution in [3.8, 4) is 0 Å². The molecule has 25 heavy (non-hydrogen) atoms. The lowest BCUT2D eigenvalue weighted by atomic mass is 10.2. The van der Waals surface area contributed by atoms with Crippen molar-refractivity contribution in [3.05, 3.63) is 89.5 Å². The van der Waals surface area contributed by atoms with Crippen molar-refractivity contribution >= 4 is 17.3 Å². The standard InChI is InChI=1S/C20H18FN3O/c1-14-2-8-17(9-3-14)24-20(25)19-11-10-18(13-23-19)22-12-15-4-6-16(21)7-5-15/h2-11,13,22H,12H2,1H3,(H,24,25). The van der Waals surface area contributed by atoms with Crippen LogP contribution >= 0.6 is 0 Å². The molecule has 0 aliphatic heterocycles. The minimum atomic E-state index is -0.256. The summed E-state index contributed by atoms with van der Waals surface area (Å²) < 4.78 is 12.9. The molecule has 0 aliphatic carbocycles. The zero-order chi connectivity index (χ0) is 17.6. The summed E-state index contributed by atoms with van der Waals surface area (Å²) >= 11 is 0. The van der Waals surface area contributed by atoms with E-state index >= 15 is 0 Å². The van der Waals surface area contributed by atoms with E-state index in [1.807, 2.05) is 31.2 Å². The summed E-state index contributed by atoms with van der Waals surface area (Å²) in [6, 6.07) is 17.3. The molecule has 2 N–H and O–H groups in total. The van der Waals surface area contributed by atoms with Crippen molar-refractivity contribution < 1.29 is 9.18 Å². The number of hydrogen-bond acceptors (Lipinski definition) is 3. The molecular formula is C20H18FN3O. The molecule has 0 spiro atoms. The van der Waals surface area contributed by atoms with Crippen LogP contribution in [0.4, 0.5) is 15.8 Å². The minimum Gasteiger partial charge on any atom is -0.380 e. The van der Waals surface area contributed by atoms with Crippen LogP contribution in [0.2, 0.25) is 0 Å². The molecule has 0 saturated carbocycles. The molecule has 0 saturated heterocycles. The topological polar surface area (TPSA) is 54.0 Å². The number of nitrogens with zero attached hydrogens (tertiary/aromatic N) is 1. The van der Waals surface area contributed by atoms with Gasteiger partial charge in [-0.25, -0.2) is 9.37 Å². The summed E-state index contributed by atoms with van der Waals surface area (Å²) in [6.45, 7) is 2.54. The van der Waals surface area contributed by atoms with Crippen LogP contribution < -0.4 is 10.6 Å². The first-order chi connectivity index (χ1) is 12.1. The monoisotopic (exact) mass is 335 g/mol. The van der Waals surface area contributed by atoms with E-state index in [1.54, 1.807) is 30.5 Å². The van der Waals surface area contributed by atoms with Gasteiger partial charge < -0.3 is 10.6 Å². The highest BCUT2D eigenvalue weighted by Crippen LogP contribution is 2.12. The second-order valence-electron chi connectivity index (χ2n) is 5.73. The van der Waals surface area contributed by atoms with Crippen molar-refractivity contribution in [3.63, 3.8) is 0 Å². The van der Waals surface area contributed by atoms with E-state index < -0.39 is 0 Å². The molecule has 0 bridgehead atoms. The van der Waals surface area contributed by atoms with Gasteiger partial charge in [-0.2, -0.15) is 0 Å². The highest BCUT2D eigenvalue weighted by atomic mass is 19.1. The lowest BCUT2D eigenvalue weighted by molar-refractivity contribution is 0.102. The summed E-state index contributed by atoms with van der Waals surface area (Å²) in [5.41, 5.74) is 3.95. The maximum absolute atomic E-state index is 12.9. The predicted molar refractivity (Wildman–Crippen MR) is 97.1 cm³/mol. The van der Waals surface area contributed by atoms with E-state index in [1.165, 1.54) is 12.1 Å². The van der Waals surface area contributed by atoms with Gasteiger partial charge in [0.2, 0.25) is 0 Å². The Bertz CT molecular complexity index is 844. The first kappa shape index (κ1) is 16.6. The lowest BCUT2D eigenvalue weighted by Gasteiger charge is -2.08. The number of aromatic nitrogens is 1. The number of amides is 1. The van der Waals surface area contributed by atoms with E-state index in [0.717, 1.165) is 22.5 Å². The van der Waals surface area contributed by atoms with E-state index in [0.29, 0.717) is 12.2 Å². The number of anilines is 2. The Morgan fingerprint density at radius 3 is 2.28 bits per heavy atom. The van der Waals surface area contributed by atoms with E-state index in [-0.39, 0.29) is 11.7 Å². The van der Waals surface area contributed by atoms with Gasteiger partial charge in [0.1, 0.15) is 11.5 Å². The number of nitrogens with one attached hydrogen (secondary N) is 2. The average molecular weight is 335 g/mol. The fourth-order valence-corrected chi connectivity index (χ4v) is 2.27. The second-order valence-corrected chi connectivity index (χ2v) is 5.73. The van der Waals surface area contributed by atoms with Crippen LogP contribution in [0.25, 0.3) is 0 Å². The van der Waals surface area contributed by atoms with Crippen LogP contribution in [0.1, 0.15) is 21.6 Å². The van der Waals surface area contributed by atoms with Gasteiger partial charge in [0.25, 0.3) is 5.91 Å². The first-order valence-electron chi connectivity index (χ1n) is 7.92. The second kappa shape index (κ2) is 7.57. The fourth-order valence-electron chi connectivity index (χ4n) is 2.27. The third-order valence-corrected chi connectivity index (χ3v) is 3.72. The Morgan fingerprint density at radius 1 is 0.960 bits per heavy atom. The summed E-state index contributed by atoms with van der Waals surface area (Å²) in [6.07, 6.45) is 1.60. The smallest absolute Gasteiger partial charge is 0.274 e. The Balaban J connectivity index is 1.58. The van der Waals surface area contributed by atoms with Gasteiger partial charge in [0, 0.05) is 12.2 Å². The van der Waals surface area contributed by atoms with Crippen molar-refractivity contribution in [1.82, 2.24) is 4.98 Å². The lowest BCUT2D eigenvalue weighted by Crippen LogP contribution is -2.13. The van der Waals surface area contributed by atoms with Crippen LogP contribution in [0.3, 0.4) is 0 Å². The number of carbonyl (C=O) groups excluding carboxylic acids is 1. The van der Waals surface area contributed by atoms with Gasteiger partial charge in [-0.3, -0.25) is 4.79 Å². The van der Waals surface area contributed by atoms with Crippen LogP contribution in [0, 0.1) is 12.7 Å². The summed E-state index contributed by atoms with van der Waals surface area (Å²) in [5, 5.41) is 6.00. The highest BCUT2D eigenvalue weighted by molar-refractivity contribution is 6.02. The maximum atomic E-state index is 12.9. The van der Waals surface area contributed by atoms with Gasteiger partial charge in [0.05, 0.1) is 11.9 Å². The summed E-state index contributed by atoms with van der Waals surface area (Å²) in [4.78, 5) is 16.4. The van der Waals surface area contributed by atoms with Gasteiger partial charge in [-0.15, -0.1) is 0 Å². The van der Waals surface area contributed by atoms with E-state index in [9.17, 15) is 9.18 Å². The molecule has 126 valence electrons. The van der Waals surface area contributed by atoms with Crippen LogP contribution in [-0.4, -0.2) is 10.9 Å².